The van der Waals surface area contributed by atoms with Crippen LogP contribution in [0.3, 0.4) is 0 Å². The highest BCUT2D eigenvalue weighted by Crippen LogP contribution is 2.06. The summed E-state index contributed by atoms with van der Waals surface area (Å²) in [5, 5.41) is 16.8. The van der Waals surface area contributed by atoms with Gasteiger partial charge < -0.3 is 0 Å². The highest BCUT2D eigenvalue weighted by molar-refractivity contribution is 7.89. The third-order valence-electron chi connectivity index (χ3n) is 1.69. The Morgan fingerprint density at radius 1 is 1.38 bits per heavy atom. The Hall–Kier alpha value is -1.96. The molecule has 0 bridgehead atoms. The lowest BCUT2D eigenvalue weighted by Gasteiger charge is -2.03. The molecule has 0 saturated carbocycles. The zero-order valence-electron chi connectivity index (χ0n) is 8.21. The molecule has 6 nitrogen and oxygen atoms in total. The highest BCUT2D eigenvalue weighted by Gasteiger charge is 2.13. The lowest BCUT2D eigenvalue weighted by molar-refractivity contribution is 0.582. The SMILES string of the molecule is N#CCCNS(=O)(=O)c1ccc(C#N)nc1. The molecule has 0 unspecified atom stereocenters. The Balaban J connectivity index is 2.83. The smallest absolute Gasteiger partial charge is 0.242 e. The molecule has 0 aromatic carbocycles. The summed E-state index contributed by atoms with van der Waals surface area (Å²) in [5.74, 6) is 0. The van der Waals surface area contributed by atoms with Crippen molar-refractivity contribution in [2.75, 3.05) is 6.54 Å². The van der Waals surface area contributed by atoms with Gasteiger partial charge in [-0.1, -0.05) is 0 Å². The van der Waals surface area contributed by atoms with Crippen molar-refractivity contribution in [1.29, 1.82) is 10.5 Å². The molecule has 0 aliphatic rings. The maximum Gasteiger partial charge on any atom is 0.242 e. The maximum absolute atomic E-state index is 11.6. The van der Waals surface area contributed by atoms with Gasteiger partial charge in [0.2, 0.25) is 10.0 Å². The number of sulfonamides is 1. The number of hydrogen-bond acceptors (Lipinski definition) is 5. The maximum atomic E-state index is 11.6. The number of rotatable bonds is 4. The highest BCUT2D eigenvalue weighted by atomic mass is 32.2. The van der Waals surface area contributed by atoms with Crippen LogP contribution in [0.5, 0.6) is 0 Å². The Morgan fingerprint density at radius 3 is 2.62 bits per heavy atom. The first-order chi connectivity index (χ1) is 7.60. The minimum Gasteiger partial charge on any atom is -0.244 e. The van der Waals surface area contributed by atoms with Crippen LogP contribution in [-0.4, -0.2) is 19.9 Å². The predicted octanol–water partition coefficient (Wildman–Crippen LogP) is 0.145. The van der Waals surface area contributed by atoms with Crippen LogP contribution in [0.1, 0.15) is 12.1 Å². The molecule has 0 radical (unpaired) electrons. The van der Waals surface area contributed by atoms with Crippen LogP contribution >= 0.6 is 0 Å². The molecule has 16 heavy (non-hydrogen) atoms. The second-order valence-electron chi connectivity index (χ2n) is 2.80. The van der Waals surface area contributed by atoms with E-state index >= 15 is 0 Å². The third kappa shape index (κ3) is 3.02. The summed E-state index contributed by atoms with van der Waals surface area (Å²) in [6, 6.07) is 6.22. The van der Waals surface area contributed by atoms with Gasteiger partial charge in [0.1, 0.15) is 16.7 Å². The summed E-state index contributed by atoms with van der Waals surface area (Å²) in [6.07, 6.45) is 1.20. The predicted molar refractivity (Wildman–Crippen MR) is 54.4 cm³/mol. The molecule has 7 heteroatoms. The van der Waals surface area contributed by atoms with Gasteiger partial charge in [-0.05, 0) is 12.1 Å². The molecule has 0 saturated heterocycles. The van der Waals surface area contributed by atoms with E-state index in [4.69, 9.17) is 10.5 Å². The quantitative estimate of drug-likeness (QED) is 0.748. The molecule has 1 heterocycles. The number of nitrogens with one attached hydrogen (secondary N) is 1. The molecule has 0 aliphatic carbocycles. The minimum atomic E-state index is -3.63. The van der Waals surface area contributed by atoms with Crippen molar-refractivity contribution in [3.8, 4) is 12.1 Å². The fraction of sp³-hybridized carbons (Fsp3) is 0.222. The summed E-state index contributed by atoms with van der Waals surface area (Å²) >= 11 is 0. The van der Waals surface area contributed by atoms with E-state index in [1.54, 1.807) is 6.07 Å². The number of nitrogens with zero attached hydrogens (tertiary/aromatic N) is 3. The molecule has 82 valence electrons. The Bertz CT molecular complexity index is 536. The summed E-state index contributed by atoms with van der Waals surface area (Å²) in [4.78, 5) is 3.62. The summed E-state index contributed by atoms with van der Waals surface area (Å²) < 4.78 is 25.4. The number of pyridine rings is 1. The molecular weight excluding hydrogens is 228 g/mol. The Morgan fingerprint density at radius 2 is 2.12 bits per heavy atom. The van der Waals surface area contributed by atoms with Crippen molar-refractivity contribution in [2.45, 2.75) is 11.3 Å². The van der Waals surface area contributed by atoms with E-state index < -0.39 is 10.0 Å². The van der Waals surface area contributed by atoms with Crippen LogP contribution in [0.4, 0.5) is 0 Å². The van der Waals surface area contributed by atoms with Crippen LogP contribution in [0.15, 0.2) is 23.2 Å². The molecule has 0 amide bonds. The first kappa shape index (κ1) is 12.1. The van der Waals surface area contributed by atoms with Crippen molar-refractivity contribution in [2.24, 2.45) is 0 Å². The van der Waals surface area contributed by atoms with E-state index in [0.29, 0.717) is 0 Å². The fourth-order valence-electron chi connectivity index (χ4n) is 0.930. The van der Waals surface area contributed by atoms with Crippen LogP contribution in [0.25, 0.3) is 0 Å². The van der Waals surface area contributed by atoms with Crippen LogP contribution in [-0.2, 0) is 10.0 Å². The Labute approximate surface area is 93.2 Å². The van der Waals surface area contributed by atoms with Gasteiger partial charge in [-0.3, -0.25) is 0 Å². The largest absolute Gasteiger partial charge is 0.244 e. The fourth-order valence-corrected chi connectivity index (χ4v) is 1.91. The van der Waals surface area contributed by atoms with Gasteiger partial charge in [-0.2, -0.15) is 10.5 Å². The van der Waals surface area contributed by atoms with Crippen LogP contribution < -0.4 is 4.72 Å². The zero-order chi connectivity index (χ0) is 12.0. The van der Waals surface area contributed by atoms with Crippen LogP contribution in [0.2, 0.25) is 0 Å². The van der Waals surface area contributed by atoms with Gasteiger partial charge in [0.05, 0.1) is 6.07 Å². The second kappa shape index (κ2) is 5.21. The number of nitriles is 2. The van der Waals surface area contributed by atoms with E-state index in [1.165, 1.54) is 12.1 Å². The normalized spacial score (nSPS) is 10.4. The summed E-state index contributed by atoms with van der Waals surface area (Å²) in [7, 11) is -3.63. The van der Waals surface area contributed by atoms with E-state index in [2.05, 4.69) is 9.71 Å². The van der Waals surface area contributed by atoms with Gasteiger partial charge in [-0.15, -0.1) is 0 Å². The second-order valence-corrected chi connectivity index (χ2v) is 4.56. The third-order valence-corrected chi connectivity index (χ3v) is 3.14. The average molecular weight is 236 g/mol. The molecule has 0 aliphatic heterocycles. The molecular formula is C9H8N4O2S. The van der Waals surface area contributed by atoms with Gasteiger partial charge in [-0.25, -0.2) is 18.1 Å². The standard InChI is InChI=1S/C9H8N4O2S/c10-4-1-5-13-16(14,15)9-3-2-8(6-11)12-7-9/h2-3,7,13H,1,5H2. The van der Waals surface area contributed by atoms with Crippen molar-refractivity contribution in [3.63, 3.8) is 0 Å². The van der Waals surface area contributed by atoms with E-state index in [-0.39, 0.29) is 23.6 Å². The van der Waals surface area contributed by atoms with E-state index in [1.807, 2.05) is 6.07 Å². The molecule has 1 rings (SSSR count). The number of aromatic nitrogens is 1. The minimum absolute atomic E-state index is 0.0237. The van der Waals surface area contributed by atoms with Gasteiger partial charge in [0.15, 0.2) is 0 Å². The van der Waals surface area contributed by atoms with Gasteiger partial charge in [0, 0.05) is 19.2 Å². The first-order valence-corrected chi connectivity index (χ1v) is 5.81. The first-order valence-electron chi connectivity index (χ1n) is 4.33. The molecule has 1 N–H and O–H groups in total. The van der Waals surface area contributed by atoms with Gasteiger partial charge in [0.25, 0.3) is 0 Å². The lowest BCUT2D eigenvalue weighted by atomic mass is 10.4. The molecule has 1 aromatic heterocycles. The molecule has 1 aromatic rings. The van der Waals surface area contributed by atoms with Crippen molar-refractivity contribution >= 4 is 10.0 Å². The molecule has 0 spiro atoms. The monoisotopic (exact) mass is 236 g/mol. The lowest BCUT2D eigenvalue weighted by Crippen LogP contribution is -2.24. The summed E-state index contributed by atoms with van der Waals surface area (Å²) in [5.41, 5.74) is 0.149. The topological polar surface area (TPSA) is 107 Å². The molecule has 0 fully saturated rings. The van der Waals surface area contributed by atoms with E-state index in [9.17, 15) is 8.42 Å². The summed E-state index contributed by atoms with van der Waals surface area (Å²) in [6.45, 7) is 0.0544. The van der Waals surface area contributed by atoms with Crippen molar-refractivity contribution < 1.29 is 8.42 Å². The molecule has 0 atom stereocenters. The van der Waals surface area contributed by atoms with Crippen molar-refractivity contribution in [1.82, 2.24) is 9.71 Å². The van der Waals surface area contributed by atoms with Crippen molar-refractivity contribution in [3.05, 3.63) is 24.0 Å². The van der Waals surface area contributed by atoms with E-state index in [0.717, 1.165) is 6.20 Å². The number of hydrogen-bond donors (Lipinski definition) is 1. The van der Waals surface area contributed by atoms with Gasteiger partial charge >= 0.3 is 0 Å². The van der Waals surface area contributed by atoms with Crippen LogP contribution in [0, 0.1) is 22.7 Å². The average Bonchev–Trinajstić information content (AvgIpc) is 2.29. The zero-order valence-corrected chi connectivity index (χ0v) is 9.03. The Kier molecular flexibility index (Phi) is 3.95.